The van der Waals surface area contributed by atoms with Gasteiger partial charge in [-0.1, -0.05) is 5.16 Å². The predicted molar refractivity (Wildman–Crippen MR) is 84.8 cm³/mol. The van der Waals surface area contributed by atoms with Crippen molar-refractivity contribution in [3.63, 3.8) is 0 Å². The molecule has 0 atom stereocenters. The molecule has 2 aliphatic rings. The molecule has 25 heavy (non-hydrogen) atoms. The highest BCUT2D eigenvalue weighted by molar-refractivity contribution is 5.89. The standard InChI is InChI=1S/C11H18N2O4.C4H4O4/c1-2-16-10(14)13-5-3-11(4-6-13)7-9(12-15)8-17-11;5-3(6)1-2-4(7)8/h15H,2-8H2,1H3;1-2H,(H,5,6)(H,7,8). The van der Waals surface area contributed by atoms with Crippen LogP contribution in [-0.4, -0.2) is 76.0 Å². The van der Waals surface area contributed by atoms with E-state index in [1.807, 2.05) is 0 Å². The number of hydrogen-bond donors (Lipinski definition) is 3. The Morgan fingerprint density at radius 3 is 2.20 bits per heavy atom. The van der Waals surface area contributed by atoms with Gasteiger partial charge < -0.3 is 29.8 Å². The maximum atomic E-state index is 11.5. The number of amides is 1. The third kappa shape index (κ3) is 6.79. The summed E-state index contributed by atoms with van der Waals surface area (Å²) in [6.45, 7) is 3.87. The quantitative estimate of drug-likeness (QED) is 0.384. The Morgan fingerprint density at radius 1 is 1.24 bits per heavy atom. The van der Waals surface area contributed by atoms with Crippen LogP contribution in [0, 0.1) is 0 Å². The smallest absolute Gasteiger partial charge is 0.409 e. The van der Waals surface area contributed by atoms with Crippen molar-refractivity contribution in [1.82, 2.24) is 4.90 Å². The van der Waals surface area contributed by atoms with Gasteiger partial charge >= 0.3 is 18.0 Å². The molecule has 0 bridgehead atoms. The van der Waals surface area contributed by atoms with E-state index in [2.05, 4.69) is 5.16 Å². The second-order valence-corrected chi connectivity index (χ2v) is 5.51. The molecule has 1 amide bonds. The van der Waals surface area contributed by atoms with Crippen molar-refractivity contribution in [2.45, 2.75) is 31.8 Å². The maximum absolute atomic E-state index is 11.5. The number of piperidine rings is 1. The third-order valence-electron chi connectivity index (χ3n) is 3.78. The Labute approximate surface area is 144 Å². The minimum atomic E-state index is -1.26. The summed E-state index contributed by atoms with van der Waals surface area (Å²) in [7, 11) is 0. The number of oxime groups is 1. The van der Waals surface area contributed by atoms with E-state index >= 15 is 0 Å². The molecule has 0 unspecified atom stereocenters. The second kappa shape index (κ2) is 9.62. The van der Waals surface area contributed by atoms with Gasteiger partial charge in [0, 0.05) is 31.7 Å². The lowest BCUT2D eigenvalue weighted by atomic mass is 9.88. The van der Waals surface area contributed by atoms with E-state index < -0.39 is 11.9 Å². The monoisotopic (exact) mass is 358 g/mol. The number of hydrogen-bond acceptors (Lipinski definition) is 7. The zero-order valence-electron chi connectivity index (χ0n) is 13.9. The molecule has 0 saturated carbocycles. The highest BCUT2D eigenvalue weighted by Crippen LogP contribution is 2.34. The molecule has 140 valence electrons. The number of carboxylic acids is 2. The van der Waals surface area contributed by atoms with Gasteiger partial charge in [0.25, 0.3) is 0 Å². The normalized spacial score (nSPS) is 20.4. The number of carbonyl (C=O) groups excluding carboxylic acids is 1. The van der Waals surface area contributed by atoms with Crippen molar-refractivity contribution < 1.29 is 39.3 Å². The molecule has 10 nitrogen and oxygen atoms in total. The van der Waals surface area contributed by atoms with E-state index in [1.165, 1.54) is 0 Å². The molecule has 0 aromatic rings. The van der Waals surface area contributed by atoms with Crippen molar-refractivity contribution in [1.29, 1.82) is 0 Å². The summed E-state index contributed by atoms with van der Waals surface area (Å²) in [5.41, 5.74) is 0.458. The number of nitrogens with zero attached hydrogens (tertiary/aromatic N) is 2. The Balaban J connectivity index is 0.000000333. The number of likely N-dealkylation sites (tertiary alicyclic amines) is 1. The van der Waals surface area contributed by atoms with Crippen LogP contribution in [0.3, 0.4) is 0 Å². The summed E-state index contributed by atoms with van der Waals surface area (Å²) in [5, 5.41) is 27.5. The number of aliphatic carboxylic acids is 2. The second-order valence-electron chi connectivity index (χ2n) is 5.51. The first-order valence-corrected chi connectivity index (χ1v) is 7.71. The Hall–Kier alpha value is -2.62. The largest absolute Gasteiger partial charge is 0.478 e. The third-order valence-corrected chi connectivity index (χ3v) is 3.78. The van der Waals surface area contributed by atoms with Gasteiger partial charge in [0.15, 0.2) is 0 Å². The van der Waals surface area contributed by atoms with E-state index in [4.69, 9.17) is 24.9 Å². The fourth-order valence-corrected chi connectivity index (χ4v) is 2.55. The molecule has 2 aliphatic heterocycles. The molecular formula is C15H22N2O8. The minimum Gasteiger partial charge on any atom is -0.478 e. The molecule has 2 saturated heterocycles. The van der Waals surface area contributed by atoms with Crippen LogP contribution in [0.4, 0.5) is 4.79 Å². The average molecular weight is 358 g/mol. The van der Waals surface area contributed by atoms with E-state index in [9.17, 15) is 14.4 Å². The van der Waals surface area contributed by atoms with Crippen LogP contribution in [0.2, 0.25) is 0 Å². The van der Waals surface area contributed by atoms with Crippen LogP contribution >= 0.6 is 0 Å². The van der Waals surface area contributed by atoms with Crippen LogP contribution in [0.1, 0.15) is 26.2 Å². The van der Waals surface area contributed by atoms with Crippen LogP contribution in [0.15, 0.2) is 17.3 Å². The Morgan fingerprint density at radius 2 is 1.80 bits per heavy atom. The highest BCUT2D eigenvalue weighted by atomic mass is 16.6. The van der Waals surface area contributed by atoms with E-state index in [1.54, 1.807) is 11.8 Å². The van der Waals surface area contributed by atoms with Crippen molar-refractivity contribution in [3.05, 3.63) is 12.2 Å². The Kier molecular flexibility index (Phi) is 7.86. The summed E-state index contributed by atoms with van der Waals surface area (Å²) in [4.78, 5) is 32.3. The number of rotatable bonds is 3. The molecule has 2 heterocycles. The van der Waals surface area contributed by atoms with Gasteiger partial charge in [0.05, 0.1) is 24.5 Å². The number of ether oxygens (including phenoxy) is 2. The van der Waals surface area contributed by atoms with E-state index in [0.29, 0.717) is 50.6 Å². The fourth-order valence-electron chi connectivity index (χ4n) is 2.55. The zero-order valence-corrected chi connectivity index (χ0v) is 13.9. The van der Waals surface area contributed by atoms with E-state index in [0.717, 1.165) is 12.8 Å². The van der Waals surface area contributed by atoms with Crippen molar-refractivity contribution in [2.75, 3.05) is 26.3 Å². The summed E-state index contributed by atoms with van der Waals surface area (Å²) in [5.74, 6) is -2.51. The van der Waals surface area contributed by atoms with Gasteiger partial charge in [-0.15, -0.1) is 0 Å². The minimum absolute atomic E-state index is 0.232. The molecule has 3 N–H and O–H groups in total. The van der Waals surface area contributed by atoms with Gasteiger partial charge in [-0.2, -0.15) is 0 Å². The van der Waals surface area contributed by atoms with Gasteiger partial charge in [-0.05, 0) is 19.8 Å². The fraction of sp³-hybridized carbons (Fsp3) is 0.600. The van der Waals surface area contributed by atoms with Crippen LogP contribution < -0.4 is 0 Å². The van der Waals surface area contributed by atoms with Gasteiger partial charge in [0.1, 0.15) is 0 Å². The SMILES string of the molecule is CCOC(=O)N1CCC2(CC1)CC(=NO)CO2.O=C(O)C=CC(=O)O. The van der Waals surface area contributed by atoms with Crippen molar-refractivity contribution in [3.8, 4) is 0 Å². The first-order chi connectivity index (χ1) is 11.8. The molecule has 2 fully saturated rings. The molecule has 0 aromatic carbocycles. The van der Waals surface area contributed by atoms with E-state index in [-0.39, 0.29) is 11.7 Å². The molecule has 10 heteroatoms. The lowest BCUT2D eigenvalue weighted by molar-refractivity contribution is -0.134. The van der Waals surface area contributed by atoms with Crippen LogP contribution in [-0.2, 0) is 19.1 Å². The Bertz CT molecular complexity index is 534. The molecule has 2 rings (SSSR count). The lowest BCUT2D eigenvalue weighted by Gasteiger charge is -2.37. The average Bonchev–Trinajstić information content (AvgIpc) is 2.97. The van der Waals surface area contributed by atoms with Gasteiger partial charge in [-0.25, -0.2) is 14.4 Å². The zero-order chi connectivity index (χ0) is 18.9. The van der Waals surface area contributed by atoms with Crippen molar-refractivity contribution >= 4 is 23.7 Å². The summed E-state index contributed by atoms with van der Waals surface area (Å²) >= 11 is 0. The molecule has 0 radical (unpaired) electrons. The van der Waals surface area contributed by atoms with Gasteiger partial charge in [0.2, 0.25) is 0 Å². The summed E-state index contributed by atoms with van der Waals surface area (Å²) in [6, 6.07) is 0. The molecule has 0 aliphatic carbocycles. The summed E-state index contributed by atoms with van der Waals surface area (Å²) < 4.78 is 10.7. The predicted octanol–water partition coefficient (Wildman–Crippen LogP) is 0.940. The first-order valence-electron chi connectivity index (χ1n) is 7.71. The molecule has 1 spiro atoms. The summed E-state index contributed by atoms with van der Waals surface area (Å²) in [6.07, 6.45) is 3.07. The topological polar surface area (TPSA) is 146 Å². The number of carbonyl (C=O) groups is 3. The number of carboxylic acid groups (broad SMARTS) is 2. The molecule has 0 aromatic heterocycles. The van der Waals surface area contributed by atoms with Crippen molar-refractivity contribution in [2.24, 2.45) is 5.16 Å². The lowest BCUT2D eigenvalue weighted by Crippen LogP contribution is -2.46. The van der Waals surface area contributed by atoms with Gasteiger partial charge in [-0.3, -0.25) is 0 Å². The molecular weight excluding hydrogens is 336 g/mol. The highest BCUT2D eigenvalue weighted by Gasteiger charge is 2.42. The first kappa shape index (κ1) is 20.4. The van der Waals surface area contributed by atoms with Crippen LogP contribution in [0.5, 0.6) is 0 Å². The van der Waals surface area contributed by atoms with Crippen LogP contribution in [0.25, 0.3) is 0 Å². The maximum Gasteiger partial charge on any atom is 0.409 e.